The van der Waals surface area contributed by atoms with Crippen molar-refractivity contribution in [2.45, 2.75) is 12.0 Å². The van der Waals surface area contributed by atoms with Crippen LogP contribution in [-0.2, 0) is 9.53 Å². The van der Waals surface area contributed by atoms with E-state index in [1.807, 2.05) is 48.5 Å². The van der Waals surface area contributed by atoms with E-state index < -0.39 is 30.6 Å². The van der Waals surface area contributed by atoms with Gasteiger partial charge in [-0.05, 0) is 22.3 Å². The number of anilines is 1. The van der Waals surface area contributed by atoms with E-state index in [1.165, 1.54) is 12.3 Å². The molecule has 1 heterocycles. The highest BCUT2D eigenvalue weighted by Crippen LogP contribution is 2.44. The van der Waals surface area contributed by atoms with Crippen LogP contribution < -0.4 is 10.6 Å². The molecule has 1 aliphatic carbocycles. The molecule has 1 aromatic heterocycles. The summed E-state index contributed by atoms with van der Waals surface area (Å²) in [5.74, 6) is -2.61. The second kappa shape index (κ2) is 8.94. The normalized spacial score (nSPS) is 13.0. The van der Waals surface area contributed by atoms with E-state index in [2.05, 4.69) is 10.6 Å². The number of fused-ring (bicyclic) bond motifs is 3. The van der Waals surface area contributed by atoms with Gasteiger partial charge in [0.25, 0.3) is 5.91 Å². The third-order valence-electron chi connectivity index (χ3n) is 5.19. The third kappa shape index (κ3) is 4.19. The topological polar surface area (TPSA) is 138 Å². The van der Waals surface area contributed by atoms with E-state index >= 15 is 0 Å². The molecule has 9 nitrogen and oxygen atoms in total. The highest BCUT2D eigenvalue weighted by Gasteiger charge is 2.29. The Morgan fingerprint density at radius 3 is 2.25 bits per heavy atom. The van der Waals surface area contributed by atoms with Crippen LogP contribution in [0.3, 0.4) is 0 Å². The first-order chi connectivity index (χ1) is 15.5. The first-order valence-corrected chi connectivity index (χ1v) is 9.84. The number of aliphatic hydroxyl groups excluding tert-OH is 1. The Labute approximate surface area is 182 Å². The van der Waals surface area contributed by atoms with Crippen LogP contribution in [0.2, 0.25) is 0 Å². The highest BCUT2D eigenvalue weighted by atomic mass is 16.5. The lowest BCUT2D eigenvalue weighted by Gasteiger charge is -2.14. The summed E-state index contributed by atoms with van der Waals surface area (Å²) in [6.07, 6.45) is -1.33. The quantitative estimate of drug-likeness (QED) is 0.447. The Balaban J connectivity index is 1.39. The highest BCUT2D eigenvalue weighted by molar-refractivity contribution is 6.00. The molecule has 1 atom stereocenters. The van der Waals surface area contributed by atoms with Crippen LogP contribution in [0.4, 0.5) is 10.5 Å². The number of carboxylic acid groups (broad SMARTS) is 1. The van der Waals surface area contributed by atoms with Crippen LogP contribution in [0.25, 0.3) is 11.1 Å². The molecule has 1 aliphatic rings. The van der Waals surface area contributed by atoms with Crippen molar-refractivity contribution in [1.29, 1.82) is 0 Å². The largest absolute Gasteiger partial charge is 0.479 e. The molecule has 0 bridgehead atoms. The molecule has 32 heavy (non-hydrogen) atoms. The number of ether oxygens (including phenoxy) is 1. The predicted molar refractivity (Wildman–Crippen MR) is 113 cm³/mol. The number of furan rings is 1. The molecule has 0 spiro atoms. The van der Waals surface area contributed by atoms with Gasteiger partial charge in [-0.15, -0.1) is 0 Å². The van der Waals surface area contributed by atoms with Crippen molar-refractivity contribution < 1.29 is 33.8 Å². The van der Waals surface area contributed by atoms with Crippen LogP contribution in [0.15, 0.2) is 65.3 Å². The summed E-state index contributed by atoms with van der Waals surface area (Å²) in [6, 6.07) is 17.3. The predicted octanol–water partition coefficient (Wildman–Crippen LogP) is 2.82. The summed E-state index contributed by atoms with van der Waals surface area (Å²) in [7, 11) is 0. The van der Waals surface area contributed by atoms with Crippen LogP contribution in [0, 0.1) is 0 Å². The van der Waals surface area contributed by atoms with Gasteiger partial charge in [-0.3, -0.25) is 10.1 Å². The Bertz CT molecular complexity index is 1120. The van der Waals surface area contributed by atoms with Crippen LogP contribution in [-0.4, -0.2) is 47.4 Å². The van der Waals surface area contributed by atoms with Gasteiger partial charge in [0.05, 0.1) is 18.5 Å². The van der Waals surface area contributed by atoms with E-state index in [9.17, 15) is 19.5 Å². The SMILES string of the molecule is O=C(Nc1ccoc1C(=O)NCC(O)C(=O)O)OCC1c2ccccc2-c2ccccc21. The Morgan fingerprint density at radius 1 is 1.00 bits per heavy atom. The molecule has 4 rings (SSSR count). The number of amides is 2. The van der Waals surface area contributed by atoms with Crippen molar-refractivity contribution in [3.8, 4) is 11.1 Å². The number of hydrogen-bond donors (Lipinski definition) is 4. The molecule has 0 saturated heterocycles. The molecule has 0 aliphatic heterocycles. The number of nitrogens with one attached hydrogen (secondary N) is 2. The number of aliphatic carboxylic acids is 1. The van der Waals surface area contributed by atoms with Crippen molar-refractivity contribution in [3.63, 3.8) is 0 Å². The van der Waals surface area contributed by atoms with E-state index in [4.69, 9.17) is 14.3 Å². The minimum Gasteiger partial charge on any atom is -0.479 e. The summed E-state index contributed by atoms with van der Waals surface area (Å²) in [5, 5.41) is 22.6. The fraction of sp³-hybridized carbons (Fsp3) is 0.174. The lowest BCUT2D eigenvalue weighted by atomic mass is 9.98. The molecule has 4 N–H and O–H groups in total. The molecule has 0 fully saturated rings. The summed E-state index contributed by atoms with van der Waals surface area (Å²) in [6.45, 7) is -0.413. The Morgan fingerprint density at radius 2 is 1.62 bits per heavy atom. The van der Waals surface area contributed by atoms with Gasteiger partial charge in [-0.25, -0.2) is 9.59 Å². The van der Waals surface area contributed by atoms with Gasteiger partial charge in [-0.2, -0.15) is 0 Å². The summed E-state index contributed by atoms with van der Waals surface area (Å²) < 4.78 is 10.5. The zero-order valence-corrected chi connectivity index (χ0v) is 16.8. The summed E-state index contributed by atoms with van der Waals surface area (Å²) in [5.41, 5.74) is 4.41. The monoisotopic (exact) mass is 436 g/mol. The van der Waals surface area contributed by atoms with E-state index in [1.54, 1.807) is 0 Å². The van der Waals surface area contributed by atoms with E-state index in [0.717, 1.165) is 22.3 Å². The molecule has 164 valence electrons. The van der Waals surface area contributed by atoms with Crippen LogP contribution >= 0.6 is 0 Å². The third-order valence-corrected chi connectivity index (χ3v) is 5.19. The number of carboxylic acids is 1. The molecule has 3 aromatic rings. The molecule has 2 aromatic carbocycles. The zero-order valence-electron chi connectivity index (χ0n) is 16.8. The molecule has 0 radical (unpaired) electrons. The van der Waals surface area contributed by atoms with Gasteiger partial charge in [-0.1, -0.05) is 48.5 Å². The van der Waals surface area contributed by atoms with Crippen LogP contribution in [0.5, 0.6) is 0 Å². The molecule has 2 amide bonds. The minimum absolute atomic E-state index is 0.0598. The average molecular weight is 436 g/mol. The van der Waals surface area contributed by atoms with Gasteiger partial charge in [0.2, 0.25) is 5.76 Å². The fourth-order valence-electron chi connectivity index (χ4n) is 3.68. The minimum atomic E-state index is -1.76. The number of carbonyl (C=O) groups excluding carboxylic acids is 2. The average Bonchev–Trinajstić information content (AvgIpc) is 3.38. The summed E-state index contributed by atoms with van der Waals surface area (Å²) >= 11 is 0. The van der Waals surface area contributed by atoms with Gasteiger partial charge in [0.15, 0.2) is 6.10 Å². The second-order valence-electron chi connectivity index (χ2n) is 7.18. The Kier molecular flexibility index (Phi) is 5.91. The van der Waals surface area contributed by atoms with E-state index in [0.29, 0.717) is 0 Å². The number of benzene rings is 2. The summed E-state index contributed by atoms with van der Waals surface area (Å²) in [4.78, 5) is 35.2. The fourth-order valence-corrected chi connectivity index (χ4v) is 3.68. The molecular weight excluding hydrogens is 416 g/mol. The zero-order chi connectivity index (χ0) is 22.7. The van der Waals surface area contributed by atoms with Gasteiger partial charge >= 0.3 is 12.1 Å². The van der Waals surface area contributed by atoms with Crippen molar-refractivity contribution in [2.75, 3.05) is 18.5 Å². The first kappa shape index (κ1) is 21.1. The standard InChI is InChI=1S/C23H20N2O7/c26-19(22(28)29)11-24-21(27)20-18(9-10-31-20)25-23(30)32-12-17-15-7-3-1-5-13(15)14-6-2-4-8-16(14)17/h1-10,17,19,26H,11-12H2,(H,24,27)(H,25,30)(H,28,29). The van der Waals surface area contributed by atoms with Crippen molar-refractivity contribution in [2.24, 2.45) is 0 Å². The number of aliphatic hydroxyl groups is 1. The van der Waals surface area contributed by atoms with E-state index in [-0.39, 0.29) is 24.0 Å². The first-order valence-electron chi connectivity index (χ1n) is 9.84. The lowest BCUT2D eigenvalue weighted by molar-refractivity contribution is -0.146. The Hall–Kier alpha value is -4.11. The van der Waals surface area contributed by atoms with Gasteiger partial charge < -0.3 is 24.7 Å². The van der Waals surface area contributed by atoms with Gasteiger partial charge in [0.1, 0.15) is 6.61 Å². The molecule has 0 saturated carbocycles. The molecular formula is C23H20N2O7. The number of hydrogen-bond acceptors (Lipinski definition) is 6. The molecule has 1 unspecified atom stereocenters. The smallest absolute Gasteiger partial charge is 0.411 e. The van der Waals surface area contributed by atoms with Crippen LogP contribution in [0.1, 0.15) is 27.6 Å². The maximum atomic E-state index is 12.4. The molecule has 9 heteroatoms. The van der Waals surface area contributed by atoms with Crippen molar-refractivity contribution in [3.05, 3.63) is 77.7 Å². The lowest BCUT2D eigenvalue weighted by Crippen LogP contribution is -2.36. The second-order valence-corrected chi connectivity index (χ2v) is 7.18. The maximum absolute atomic E-state index is 12.4. The van der Waals surface area contributed by atoms with Crippen molar-refractivity contribution in [1.82, 2.24) is 5.32 Å². The number of carbonyl (C=O) groups is 3. The van der Waals surface area contributed by atoms with Crippen molar-refractivity contribution >= 4 is 23.7 Å². The maximum Gasteiger partial charge on any atom is 0.411 e. The van der Waals surface area contributed by atoms with Gasteiger partial charge in [0, 0.05) is 12.0 Å². The number of rotatable bonds is 7.